The highest BCUT2D eigenvalue weighted by atomic mass is 32.1. The number of amides is 1. The zero-order chi connectivity index (χ0) is 13.1. The molecule has 0 aromatic carbocycles. The van der Waals surface area contributed by atoms with Crippen LogP contribution in [0.1, 0.15) is 38.1 Å². The lowest BCUT2D eigenvalue weighted by Gasteiger charge is -2.21. The predicted molar refractivity (Wildman–Crippen MR) is 65.3 cm³/mol. The highest BCUT2D eigenvalue weighted by molar-refractivity contribution is 7.03. The summed E-state index contributed by atoms with van der Waals surface area (Å²) in [7, 11) is 0. The molecule has 5 nitrogen and oxygen atoms in total. The molecule has 1 heterocycles. The summed E-state index contributed by atoms with van der Waals surface area (Å²) in [5.74, 6) is -0.176. The van der Waals surface area contributed by atoms with Crippen molar-refractivity contribution < 1.29 is 14.3 Å². The van der Waals surface area contributed by atoms with Crippen LogP contribution in [0.2, 0.25) is 0 Å². The number of ketones is 1. The van der Waals surface area contributed by atoms with Crippen LogP contribution in [0.5, 0.6) is 0 Å². The average molecular weight is 256 g/mol. The molecule has 1 aromatic heterocycles. The first-order chi connectivity index (χ1) is 7.79. The van der Waals surface area contributed by atoms with E-state index in [2.05, 4.69) is 9.69 Å². The lowest BCUT2D eigenvalue weighted by Crippen LogP contribution is -2.41. The summed E-state index contributed by atoms with van der Waals surface area (Å²) in [6.07, 6.45) is 0.891. The Labute approximate surface area is 104 Å². The molecule has 94 valence electrons. The monoisotopic (exact) mass is 256 g/mol. The molecule has 0 bridgehead atoms. The van der Waals surface area contributed by atoms with E-state index in [1.807, 2.05) is 0 Å². The van der Waals surface area contributed by atoms with Crippen LogP contribution in [0.25, 0.3) is 0 Å². The molecule has 0 spiro atoms. The number of alkyl carbamates (subject to hydrolysis) is 1. The lowest BCUT2D eigenvalue weighted by atomic mass is 10.1. The smallest absolute Gasteiger partial charge is 0.408 e. The van der Waals surface area contributed by atoms with Gasteiger partial charge in [0.1, 0.15) is 5.60 Å². The predicted octanol–water partition coefficient (Wildman–Crippen LogP) is 2.24. The number of nitrogens with zero attached hydrogens (tertiary/aromatic N) is 1. The Hall–Kier alpha value is -1.43. The van der Waals surface area contributed by atoms with Crippen molar-refractivity contribution in [3.8, 4) is 0 Å². The molecule has 1 N–H and O–H groups in total. The van der Waals surface area contributed by atoms with Crippen LogP contribution < -0.4 is 5.32 Å². The van der Waals surface area contributed by atoms with E-state index in [0.29, 0.717) is 5.56 Å². The molecule has 0 aliphatic heterocycles. The van der Waals surface area contributed by atoms with Gasteiger partial charge >= 0.3 is 6.09 Å². The Morgan fingerprint density at radius 2 is 2.12 bits per heavy atom. The molecule has 0 saturated heterocycles. The van der Waals surface area contributed by atoms with E-state index in [4.69, 9.17) is 4.74 Å². The van der Waals surface area contributed by atoms with Crippen LogP contribution in [-0.2, 0) is 4.74 Å². The van der Waals surface area contributed by atoms with Crippen LogP contribution in [0.4, 0.5) is 4.79 Å². The Morgan fingerprint density at radius 1 is 1.47 bits per heavy atom. The fraction of sp³-hybridized carbons (Fsp3) is 0.545. The van der Waals surface area contributed by atoms with E-state index < -0.39 is 17.7 Å². The maximum atomic E-state index is 11.8. The minimum absolute atomic E-state index is 0.176. The Kier molecular flexibility index (Phi) is 4.22. The van der Waals surface area contributed by atoms with E-state index in [0.717, 1.165) is 0 Å². The number of rotatable bonds is 3. The topological polar surface area (TPSA) is 68.3 Å². The van der Waals surface area contributed by atoms with Crippen molar-refractivity contribution in [2.75, 3.05) is 0 Å². The van der Waals surface area contributed by atoms with Crippen molar-refractivity contribution in [2.24, 2.45) is 0 Å². The number of hydrogen-bond donors (Lipinski definition) is 1. The summed E-state index contributed by atoms with van der Waals surface area (Å²) < 4.78 is 8.90. The van der Waals surface area contributed by atoms with Gasteiger partial charge in [-0.1, -0.05) is 0 Å². The molecule has 1 amide bonds. The van der Waals surface area contributed by atoms with Gasteiger partial charge in [0.25, 0.3) is 0 Å². The zero-order valence-electron chi connectivity index (χ0n) is 10.3. The molecular weight excluding hydrogens is 240 g/mol. The molecule has 0 unspecified atom stereocenters. The number of aromatic nitrogens is 1. The lowest BCUT2D eigenvalue weighted by molar-refractivity contribution is 0.0497. The molecule has 0 aliphatic carbocycles. The Balaban J connectivity index is 2.52. The standard InChI is InChI=1S/C11H16N2O3S/c1-7(9(14)8-5-12-17-6-8)13-10(15)16-11(2,3)4/h5-7H,1-4H3,(H,13,15)/t7-/m0/s1. The maximum Gasteiger partial charge on any atom is 0.408 e. The van der Waals surface area contributed by atoms with Gasteiger partial charge < -0.3 is 10.1 Å². The number of carbonyl (C=O) groups is 2. The Bertz CT molecular complexity index is 395. The molecule has 0 aliphatic rings. The minimum Gasteiger partial charge on any atom is -0.444 e. The van der Waals surface area contributed by atoms with Crippen molar-refractivity contribution in [1.82, 2.24) is 9.69 Å². The number of Topliss-reactive ketones (excluding diaryl/α,β-unsaturated/α-hetero) is 1. The summed E-state index contributed by atoms with van der Waals surface area (Å²) in [4.78, 5) is 23.2. The molecule has 1 aromatic rings. The van der Waals surface area contributed by atoms with E-state index in [1.54, 1.807) is 33.1 Å². The summed E-state index contributed by atoms with van der Waals surface area (Å²) in [6.45, 7) is 6.91. The van der Waals surface area contributed by atoms with Gasteiger partial charge in [-0.15, -0.1) is 0 Å². The SMILES string of the molecule is C[C@H](NC(=O)OC(C)(C)C)C(=O)c1cnsc1. The molecule has 1 rings (SSSR count). The molecule has 6 heteroatoms. The van der Waals surface area contributed by atoms with Crippen molar-refractivity contribution in [2.45, 2.75) is 39.3 Å². The molecule has 0 fully saturated rings. The third-order valence-corrected chi connectivity index (χ3v) is 2.43. The van der Waals surface area contributed by atoms with Crippen molar-refractivity contribution in [3.63, 3.8) is 0 Å². The Morgan fingerprint density at radius 3 is 2.59 bits per heavy atom. The fourth-order valence-corrected chi connectivity index (χ4v) is 1.65. The van der Waals surface area contributed by atoms with Gasteiger partial charge in [0.15, 0.2) is 5.78 Å². The zero-order valence-corrected chi connectivity index (χ0v) is 11.1. The summed E-state index contributed by atoms with van der Waals surface area (Å²) in [5, 5.41) is 4.14. The van der Waals surface area contributed by atoms with E-state index in [-0.39, 0.29) is 5.78 Å². The first kappa shape index (κ1) is 13.6. The van der Waals surface area contributed by atoms with Gasteiger partial charge in [0, 0.05) is 5.38 Å². The number of carbonyl (C=O) groups excluding carboxylic acids is 2. The van der Waals surface area contributed by atoms with Gasteiger partial charge in [-0.25, -0.2) is 9.17 Å². The highest BCUT2D eigenvalue weighted by Gasteiger charge is 2.22. The molecule has 0 radical (unpaired) electrons. The second kappa shape index (κ2) is 5.27. The third kappa shape index (κ3) is 4.52. The number of hydrogen-bond acceptors (Lipinski definition) is 5. The second-order valence-electron chi connectivity index (χ2n) is 4.65. The summed E-state index contributed by atoms with van der Waals surface area (Å²) in [5.41, 5.74) is -0.0740. The van der Waals surface area contributed by atoms with Crippen LogP contribution in [-0.4, -0.2) is 27.9 Å². The van der Waals surface area contributed by atoms with Crippen LogP contribution in [0, 0.1) is 0 Å². The van der Waals surface area contributed by atoms with Crippen molar-refractivity contribution >= 4 is 23.4 Å². The quantitative estimate of drug-likeness (QED) is 0.842. The van der Waals surface area contributed by atoms with Gasteiger partial charge in [-0.05, 0) is 39.2 Å². The first-order valence-electron chi connectivity index (χ1n) is 5.23. The summed E-state index contributed by atoms with van der Waals surface area (Å²) in [6, 6.07) is -0.624. The second-order valence-corrected chi connectivity index (χ2v) is 5.30. The minimum atomic E-state index is -0.624. The van der Waals surface area contributed by atoms with Gasteiger partial charge in [0.2, 0.25) is 0 Å². The van der Waals surface area contributed by atoms with Crippen LogP contribution in [0.15, 0.2) is 11.6 Å². The molecule has 17 heavy (non-hydrogen) atoms. The molecular formula is C11H16N2O3S. The largest absolute Gasteiger partial charge is 0.444 e. The van der Waals surface area contributed by atoms with Crippen LogP contribution in [0.3, 0.4) is 0 Å². The number of nitrogens with one attached hydrogen (secondary N) is 1. The molecule has 1 atom stereocenters. The first-order valence-corrected chi connectivity index (χ1v) is 6.06. The van der Waals surface area contributed by atoms with Crippen molar-refractivity contribution in [3.05, 3.63) is 17.1 Å². The molecule has 0 saturated carbocycles. The van der Waals surface area contributed by atoms with E-state index >= 15 is 0 Å². The maximum absolute atomic E-state index is 11.8. The fourth-order valence-electron chi connectivity index (χ4n) is 1.13. The third-order valence-electron chi connectivity index (χ3n) is 1.84. The summed E-state index contributed by atoms with van der Waals surface area (Å²) >= 11 is 1.20. The van der Waals surface area contributed by atoms with Gasteiger partial charge in [-0.3, -0.25) is 4.79 Å². The van der Waals surface area contributed by atoms with E-state index in [9.17, 15) is 9.59 Å². The van der Waals surface area contributed by atoms with E-state index in [1.165, 1.54) is 17.7 Å². The normalized spacial score (nSPS) is 12.9. The highest BCUT2D eigenvalue weighted by Crippen LogP contribution is 2.09. The van der Waals surface area contributed by atoms with Gasteiger partial charge in [0.05, 0.1) is 17.8 Å². The average Bonchev–Trinajstić information content (AvgIpc) is 2.65. The van der Waals surface area contributed by atoms with Crippen LogP contribution >= 0.6 is 11.5 Å². The van der Waals surface area contributed by atoms with Gasteiger partial charge in [-0.2, -0.15) is 0 Å². The number of ether oxygens (including phenoxy) is 1. The van der Waals surface area contributed by atoms with Crippen molar-refractivity contribution in [1.29, 1.82) is 0 Å².